The monoisotopic (exact) mass is 259 g/mol. The minimum atomic E-state index is 0.0225. The second-order valence-electron chi connectivity index (χ2n) is 4.06. The topological polar surface area (TPSA) is 51.6 Å². The molecular weight excluding hydrogens is 242 g/mol. The van der Waals surface area contributed by atoms with E-state index >= 15 is 0 Å². The van der Waals surface area contributed by atoms with Gasteiger partial charge in [-0.15, -0.1) is 0 Å². The Hall–Kier alpha value is -2.07. The normalized spacial score (nSPS) is 10.2. The van der Waals surface area contributed by atoms with Crippen LogP contribution in [-0.2, 0) is 6.61 Å². The van der Waals surface area contributed by atoms with Crippen LogP contribution in [-0.4, -0.2) is 16.7 Å². The van der Waals surface area contributed by atoms with Crippen LogP contribution in [0.15, 0.2) is 42.6 Å². The Kier molecular flexibility index (Phi) is 4.75. The van der Waals surface area contributed by atoms with E-state index in [1.165, 1.54) is 0 Å². The summed E-state index contributed by atoms with van der Waals surface area (Å²) < 4.78 is 11.3. The third kappa shape index (κ3) is 3.69. The minimum Gasteiger partial charge on any atom is -0.488 e. The summed E-state index contributed by atoms with van der Waals surface area (Å²) in [7, 11) is 0. The molecule has 1 heterocycles. The van der Waals surface area contributed by atoms with Crippen molar-refractivity contribution >= 4 is 0 Å². The molecule has 1 aromatic heterocycles. The standard InChI is InChI=1S/C15H17NO3/c1-2-10-18-14-4-3-9-16-15(14)19-13-7-5-12(11-17)6-8-13/h3-9,17H,2,10-11H2,1H3. The van der Waals surface area contributed by atoms with Crippen molar-refractivity contribution in [3.8, 4) is 17.4 Å². The summed E-state index contributed by atoms with van der Waals surface area (Å²) in [5.41, 5.74) is 0.843. The van der Waals surface area contributed by atoms with Gasteiger partial charge in [0.2, 0.25) is 0 Å². The molecule has 100 valence electrons. The third-order valence-electron chi connectivity index (χ3n) is 2.52. The highest BCUT2D eigenvalue weighted by Crippen LogP contribution is 2.28. The van der Waals surface area contributed by atoms with E-state index in [1.54, 1.807) is 18.3 Å². The lowest BCUT2D eigenvalue weighted by molar-refractivity contribution is 0.281. The number of aliphatic hydroxyl groups is 1. The molecule has 0 saturated carbocycles. The maximum absolute atomic E-state index is 8.99. The van der Waals surface area contributed by atoms with Gasteiger partial charge < -0.3 is 14.6 Å². The Bertz CT molecular complexity index is 511. The highest BCUT2D eigenvalue weighted by atomic mass is 16.5. The number of benzene rings is 1. The average molecular weight is 259 g/mol. The van der Waals surface area contributed by atoms with Gasteiger partial charge in [-0.25, -0.2) is 4.98 Å². The summed E-state index contributed by atoms with van der Waals surface area (Å²) in [6.45, 7) is 2.70. The third-order valence-corrected chi connectivity index (χ3v) is 2.52. The van der Waals surface area contributed by atoms with Gasteiger partial charge in [-0.3, -0.25) is 0 Å². The van der Waals surface area contributed by atoms with E-state index < -0.39 is 0 Å². The van der Waals surface area contributed by atoms with E-state index in [2.05, 4.69) is 4.98 Å². The maximum Gasteiger partial charge on any atom is 0.262 e. The quantitative estimate of drug-likeness (QED) is 0.865. The van der Waals surface area contributed by atoms with E-state index in [1.807, 2.05) is 31.2 Å². The van der Waals surface area contributed by atoms with Crippen LogP contribution in [0.1, 0.15) is 18.9 Å². The summed E-state index contributed by atoms with van der Waals surface area (Å²) in [5, 5.41) is 8.99. The van der Waals surface area contributed by atoms with Gasteiger partial charge in [0.1, 0.15) is 5.75 Å². The van der Waals surface area contributed by atoms with Crippen LogP contribution in [0.4, 0.5) is 0 Å². The van der Waals surface area contributed by atoms with Crippen LogP contribution in [0.5, 0.6) is 17.4 Å². The summed E-state index contributed by atoms with van der Waals surface area (Å²) in [4.78, 5) is 4.17. The molecule has 0 spiro atoms. The fraction of sp³-hybridized carbons (Fsp3) is 0.267. The van der Waals surface area contributed by atoms with Gasteiger partial charge in [-0.1, -0.05) is 19.1 Å². The zero-order valence-corrected chi connectivity index (χ0v) is 10.9. The number of ether oxygens (including phenoxy) is 2. The molecule has 1 aromatic carbocycles. The van der Waals surface area contributed by atoms with E-state index in [0.29, 0.717) is 24.0 Å². The summed E-state index contributed by atoms with van der Waals surface area (Å²) >= 11 is 0. The second-order valence-corrected chi connectivity index (χ2v) is 4.06. The van der Waals surface area contributed by atoms with Gasteiger partial charge in [0, 0.05) is 6.20 Å². The van der Waals surface area contributed by atoms with Crippen molar-refractivity contribution in [3.05, 3.63) is 48.2 Å². The molecule has 4 nitrogen and oxygen atoms in total. The van der Waals surface area contributed by atoms with Crippen LogP contribution in [0.2, 0.25) is 0 Å². The average Bonchev–Trinajstić information content (AvgIpc) is 2.47. The van der Waals surface area contributed by atoms with Crippen molar-refractivity contribution < 1.29 is 14.6 Å². The van der Waals surface area contributed by atoms with Gasteiger partial charge in [-0.05, 0) is 36.2 Å². The number of aliphatic hydroxyl groups excluding tert-OH is 1. The first kappa shape index (κ1) is 13.4. The number of aromatic nitrogens is 1. The molecule has 0 amide bonds. The number of pyridine rings is 1. The van der Waals surface area contributed by atoms with Gasteiger partial charge in [-0.2, -0.15) is 0 Å². The zero-order chi connectivity index (χ0) is 13.5. The first-order chi connectivity index (χ1) is 9.33. The molecule has 1 N–H and O–H groups in total. The van der Waals surface area contributed by atoms with Crippen LogP contribution < -0.4 is 9.47 Å². The van der Waals surface area contributed by atoms with Crippen LogP contribution in [0.25, 0.3) is 0 Å². The smallest absolute Gasteiger partial charge is 0.262 e. The van der Waals surface area contributed by atoms with Gasteiger partial charge in [0.15, 0.2) is 5.75 Å². The molecule has 0 saturated heterocycles. The largest absolute Gasteiger partial charge is 0.488 e. The van der Waals surface area contributed by atoms with Crippen LogP contribution >= 0.6 is 0 Å². The lowest BCUT2D eigenvalue weighted by atomic mass is 10.2. The molecule has 2 aromatic rings. The fourth-order valence-corrected chi connectivity index (χ4v) is 1.55. The lowest BCUT2D eigenvalue weighted by Crippen LogP contribution is -1.98. The van der Waals surface area contributed by atoms with Crippen molar-refractivity contribution in [2.24, 2.45) is 0 Å². The predicted molar refractivity (Wildman–Crippen MR) is 72.5 cm³/mol. The predicted octanol–water partition coefficient (Wildman–Crippen LogP) is 3.16. The first-order valence-electron chi connectivity index (χ1n) is 6.29. The molecule has 4 heteroatoms. The Labute approximate surface area is 112 Å². The molecular formula is C15H17NO3. The van der Waals surface area contributed by atoms with E-state index in [0.717, 1.165) is 12.0 Å². The van der Waals surface area contributed by atoms with Crippen molar-refractivity contribution in [3.63, 3.8) is 0 Å². The Balaban J connectivity index is 2.12. The summed E-state index contributed by atoms with van der Waals surface area (Å²) in [5.74, 6) is 1.75. The zero-order valence-electron chi connectivity index (χ0n) is 10.9. The van der Waals surface area contributed by atoms with Crippen molar-refractivity contribution in [2.45, 2.75) is 20.0 Å². The highest BCUT2D eigenvalue weighted by Gasteiger charge is 2.07. The second kappa shape index (κ2) is 6.75. The molecule has 2 rings (SSSR count). The molecule has 0 bridgehead atoms. The van der Waals surface area contributed by atoms with Crippen molar-refractivity contribution in [1.82, 2.24) is 4.98 Å². The maximum atomic E-state index is 8.99. The van der Waals surface area contributed by atoms with Gasteiger partial charge >= 0.3 is 0 Å². The van der Waals surface area contributed by atoms with E-state index in [4.69, 9.17) is 14.6 Å². The van der Waals surface area contributed by atoms with Crippen LogP contribution in [0, 0.1) is 0 Å². The molecule has 0 aliphatic heterocycles. The number of nitrogens with zero attached hydrogens (tertiary/aromatic N) is 1. The summed E-state index contributed by atoms with van der Waals surface area (Å²) in [6.07, 6.45) is 2.59. The summed E-state index contributed by atoms with van der Waals surface area (Å²) in [6, 6.07) is 10.9. The Morgan fingerprint density at radius 1 is 1.16 bits per heavy atom. The number of hydrogen-bond acceptors (Lipinski definition) is 4. The molecule has 0 fully saturated rings. The molecule has 19 heavy (non-hydrogen) atoms. The number of hydrogen-bond donors (Lipinski definition) is 1. The molecule has 0 atom stereocenters. The van der Waals surface area contributed by atoms with E-state index in [-0.39, 0.29) is 6.61 Å². The van der Waals surface area contributed by atoms with Crippen LogP contribution in [0.3, 0.4) is 0 Å². The molecule has 0 aliphatic carbocycles. The molecule has 0 unspecified atom stereocenters. The van der Waals surface area contributed by atoms with Gasteiger partial charge in [0.25, 0.3) is 5.88 Å². The van der Waals surface area contributed by atoms with Gasteiger partial charge in [0.05, 0.1) is 13.2 Å². The van der Waals surface area contributed by atoms with Crippen molar-refractivity contribution in [2.75, 3.05) is 6.61 Å². The highest BCUT2D eigenvalue weighted by molar-refractivity contribution is 5.37. The van der Waals surface area contributed by atoms with E-state index in [9.17, 15) is 0 Å². The minimum absolute atomic E-state index is 0.0225. The number of rotatable bonds is 6. The Morgan fingerprint density at radius 2 is 1.95 bits per heavy atom. The van der Waals surface area contributed by atoms with Crippen molar-refractivity contribution in [1.29, 1.82) is 0 Å². The molecule has 0 aliphatic rings. The SMILES string of the molecule is CCCOc1cccnc1Oc1ccc(CO)cc1. The molecule has 0 radical (unpaired) electrons. The lowest BCUT2D eigenvalue weighted by Gasteiger charge is -2.10. The first-order valence-corrected chi connectivity index (χ1v) is 6.29. The fourth-order valence-electron chi connectivity index (χ4n) is 1.55. The Morgan fingerprint density at radius 3 is 2.63 bits per heavy atom.